The number of aryl methyl sites for hydroxylation is 1. The fourth-order valence-corrected chi connectivity index (χ4v) is 2.79. The molecule has 1 saturated heterocycles. The molecular formula is C17H26N2O. The third-order valence-electron chi connectivity index (χ3n) is 4.04. The molecule has 3 heteroatoms. The minimum absolute atomic E-state index is 0.306. The predicted molar refractivity (Wildman–Crippen MR) is 82.6 cm³/mol. The monoisotopic (exact) mass is 274 g/mol. The summed E-state index contributed by atoms with van der Waals surface area (Å²) in [5, 5.41) is 3.40. The van der Waals surface area contributed by atoms with E-state index in [-0.39, 0.29) is 0 Å². The van der Waals surface area contributed by atoms with Crippen molar-refractivity contribution in [2.24, 2.45) is 0 Å². The normalized spacial score (nSPS) is 15.3. The van der Waals surface area contributed by atoms with Gasteiger partial charge in [-0.2, -0.15) is 0 Å². The second-order valence-corrected chi connectivity index (χ2v) is 5.49. The number of hydrogen-bond donors (Lipinski definition) is 1. The molecule has 110 valence electrons. The molecule has 20 heavy (non-hydrogen) atoms. The van der Waals surface area contributed by atoms with Gasteiger partial charge in [0.15, 0.2) is 0 Å². The molecule has 0 radical (unpaired) electrons. The van der Waals surface area contributed by atoms with E-state index in [1.54, 1.807) is 0 Å². The van der Waals surface area contributed by atoms with Gasteiger partial charge in [0.1, 0.15) is 0 Å². The van der Waals surface area contributed by atoms with Gasteiger partial charge in [-0.05, 0) is 36.8 Å². The number of amides is 1. The summed E-state index contributed by atoms with van der Waals surface area (Å²) in [5.74, 6) is 0.306. The molecule has 0 atom stereocenters. The average Bonchev–Trinajstić information content (AvgIpc) is 2.52. The molecule has 1 N–H and O–H groups in total. The van der Waals surface area contributed by atoms with Gasteiger partial charge in [0.25, 0.3) is 0 Å². The summed E-state index contributed by atoms with van der Waals surface area (Å²) in [7, 11) is 0. The Bertz CT molecular complexity index is 425. The van der Waals surface area contributed by atoms with Crippen molar-refractivity contribution < 1.29 is 4.79 Å². The summed E-state index contributed by atoms with van der Waals surface area (Å²) >= 11 is 0. The number of piperidine rings is 1. The van der Waals surface area contributed by atoms with Crippen LogP contribution in [0, 0.1) is 0 Å². The van der Waals surface area contributed by atoms with Crippen LogP contribution in [-0.2, 0) is 17.8 Å². The van der Waals surface area contributed by atoms with E-state index in [4.69, 9.17) is 0 Å². The third kappa shape index (κ3) is 4.34. The van der Waals surface area contributed by atoms with Crippen molar-refractivity contribution in [3.05, 3.63) is 35.4 Å². The maximum absolute atomic E-state index is 12.0. The molecule has 1 fully saturated rings. The lowest BCUT2D eigenvalue weighted by Gasteiger charge is -2.26. The lowest BCUT2D eigenvalue weighted by Crippen LogP contribution is -2.37. The molecule has 0 unspecified atom stereocenters. The van der Waals surface area contributed by atoms with E-state index in [2.05, 4.69) is 36.5 Å². The summed E-state index contributed by atoms with van der Waals surface area (Å²) in [4.78, 5) is 14.0. The zero-order valence-electron chi connectivity index (χ0n) is 12.5. The first kappa shape index (κ1) is 15.0. The Morgan fingerprint density at radius 2 is 1.85 bits per heavy atom. The zero-order valence-corrected chi connectivity index (χ0v) is 12.5. The maximum Gasteiger partial charge on any atom is 0.223 e. The Kier molecular flexibility index (Phi) is 6.06. The molecule has 1 aliphatic heterocycles. The fourth-order valence-electron chi connectivity index (χ4n) is 2.79. The quantitative estimate of drug-likeness (QED) is 0.809. The van der Waals surface area contributed by atoms with Crippen LogP contribution in [0.1, 0.15) is 43.7 Å². The standard InChI is InChI=1S/C17H26N2O/c1-2-15-8-4-5-9-16(15)14-18-11-10-17(20)19-12-6-3-7-13-19/h4-5,8-9,18H,2-3,6-7,10-14H2,1H3. The van der Waals surface area contributed by atoms with Gasteiger partial charge in [-0.25, -0.2) is 0 Å². The number of benzene rings is 1. The van der Waals surface area contributed by atoms with Crippen LogP contribution in [0.5, 0.6) is 0 Å². The Hall–Kier alpha value is -1.35. The Balaban J connectivity index is 1.69. The molecular weight excluding hydrogens is 248 g/mol. The minimum atomic E-state index is 0.306. The van der Waals surface area contributed by atoms with Crippen LogP contribution in [0.25, 0.3) is 0 Å². The second-order valence-electron chi connectivity index (χ2n) is 5.49. The Morgan fingerprint density at radius 3 is 2.55 bits per heavy atom. The van der Waals surface area contributed by atoms with Gasteiger partial charge >= 0.3 is 0 Å². The third-order valence-corrected chi connectivity index (χ3v) is 4.04. The Morgan fingerprint density at radius 1 is 1.15 bits per heavy atom. The molecule has 0 spiro atoms. The molecule has 1 aliphatic rings. The smallest absolute Gasteiger partial charge is 0.223 e. The molecule has 3 nitrogen and oxygen atoms in total. The average molecular weight is 274 g/mol. The number of carbonyl (C=O) groups is 1. The van der Waals surface area contributed by atoms with Gasteiger partial charge in [0.05, 0.1) is 0 Å². The van der Waals surface area contributed by atoms with Crippen molar-refractivity contribution in [3.63, 3.8) is 0 Å². The number of likely N-dealkylation sites (tertiary alicyclic amines) is 1. The van der Waals surface area contributed by atoms with Crippen LogP contribution in [-0.4, -0.2) is 30.4 Å². The largest absolute Gasteiger partial charge is 0.343 e. The van der Waals surface area contributed by atoms with E-state index in [1.165, 1.54) is 30.4 Å². The van der Waals surface area contributed by atoms with Crippen molar-refractivity contribution in [1.29, 1.82) is 0 Å². The topological polar surface area (TPSA) is 32.3 Å². The first-order chi connectivity index (χ1) is 9.81. The number of carbonyl (C=O) groups excluding carboxylic acids is 1. The van der Waals surface area contributed by atoms with Crippen LogP contribution in [0.2, 0.25) is 0 Å². The van der Waals surface area contributed by atoms with Crippen LogP contribution in [0.4, 0.5) is 0 Å². The zero-order chi connectivity index (χ0) is 14.2. The second kappa shape index (κ2) is 8.05. The minimum Gasteiger partial charge on any atom is -0.343 e. The van der Waals surface area contributed by atoms with Gasteiger partial charge in [0, 0.05) is 32.6 Å². The van der Waals surface area contributed by atoms with Gasteiger partial charge < -0.3 is 10.2 Å². The van der Waals surface area contributed by atoms with E-state index in [9.17, 15) is 4.79 Å². The fraction of sp³-hybridized carbons (Fsp3) is 0.588. The molecule has 0 bridgehead atoms. The lowest BCUT2D eigenvalue weighted by molar-refractivity contribution is -0.131. The number of nitrogens with zero attached hydrogens (tertiary/aromatic N) is 1. The van der Waals surface area contributed by atoms with E-state index in [1.807, 2.05) is 4.90 Å². The molecule has 1 aromatic rings. The number of nitrogens with one attached hydrogen (secondary N) is 1. The highest BCUT2D eigenvalue weighted by Gasteiger charge is 2.15. The van der Waals surface area contributed by atoms with Crippen molar-refractivity contribution in [1.82, 2.24) is 10.2 Å². The van der Waals surface area contributed by atoms with Crippen LogP contribution >= 0.6 is 0 Å². The highest BCUT2D eigenvalue weighted by atomic mass is 16.2. The van der Waals surface area contributed by atoms with E-state index in [0.29, 0.717) is 12.3 Å². The Labute approximate surface area is 122 Å². The van der Waals surface area contributed by atoms with Gasteiger partial charge in [-0.15, -0.1) is 0 Å². The van der Waals surface area contributed by atoms with Crippen LogP contribution in [0.15, 0.2) is 24.3 Å². The van der Waals surface area contributed by atoms with Gasteiger partial charge in [-0.1, -0.05) is 31.2 Å². The molecule has 1 heterocycles. The van der Waals surface area contributed by atoms with Crippen molar-refractivity contribution in [3.8, 4) is 0 Å². The number of hydrogen-bond acceptors (Lipinski definition) is 2. The molecule has 2 rings (SSSR count). The molecule has 0 aliphatic carbocycles. The van der Waals surface area contributed by atoms with Crippen molar-refractivity contribution in [2.75, 3.05) is 19.6 Å². The number of rotatable bonds is 6. The maximum atomic E-state index is 12.0. The first-order valence-corrected chi connectivity index (χ1v) is 7.86. The van der Waals surface area contributed by atoms with E-state index >= 15 is 0 Å². The first-order valence-electron chi connectivity index (χ1n) is 7.86. The lowest BCUT2D eigenvalue weighted by atomic mass is 10.1. The van der Waals surface area contributed by atoms with Crippen LogP contribution < -0.4 is 5.32 Å². The summed E-state index contributed by atoms with van der Waals surface area (Å²) in [6, 6.07) is 8.51. The predicted octanol–water partition coefficient (Wildman–Crippen LogP) is 2.74. The van der Waals surface area contributed by atoms with E-state index in [0.717, 1.165) is 32.6 Å². The van der Waals surface area contributed by atoms with Crippen LogP contribution in [0.3, 0.4) is 0 Å². The van der Waals surface area contributed by atoms with Gasteiger partial charge in [-0.3, -0.25) is 4.79 Å². The highest BCUT2D eigenvalue weighted by Crippen LogP contribution is 2.10. The SMILES string of the molecule is CCc1ccccc1CNCCC(=O)N1CCCCC1. The summed E-state index contributed by atoms with van der Waals surface area (Å²) < 4.78 is 0. The van der Waals surface area contributed by atoms with Crippen molar-refractivity contribution >= 4 is 5.91 Å². The van der Waals surface area contributed by atoms with E-state index < -0.39 is 0 Å². The molecule has 0 aromatic heterocycles. The van der Waals surface area contributed by atoms with Gasteiger partial charge in [0.2, 0.25) is 5.91 Å². The molecule has 1 amide bonds. The van der Waals surface area contributed by atoms with Crippen molar-refractivity contribution in [2.45, 2.75) is 45.6 Å². The summed E-state index contributed by atoms with van der Waals surface area (Å²) in [6.07, 6.45) is 5.29. The highest BCUT2D eigenvalue weighted by molar-refractivity contribution is 5.76. The summed E-state index contributed by atoms with van der Waals surface area (Å²) in [6.45, 7) is 5.72. The molecule has 1 aromatic carbocycles. The molecule has 0 saturated carbocycles. The summed E-state index contributed by atoms with van der Waals surface area (Å²) in [5.41, 5.74) is 2.74.